The highest BCUT2D eigenvalue weighted by atomic mass is 79.9. The molecule has 0 aliphatic carbocycles. The number of alkyl halides is 1. The molecule has 0 spiro atoms. The molecule has 21 heavy (non-hydrogen) atoms. The van der Waals surface area contributed by atoms with Gasteiger partial charge in [0.1, 0.15) is 11.8 Å². The van der Waals surface area contributed by atoms with E-state index in [1.165, 1.54) is 0 Å². The fourth-order valence-corrected chi connectivity index (χ4v) is 2.92. The highest BCUT2D eigenvalue weighted by molar-refractivity contribution is 9.08. The second-order valence-electron chi connectivity index (χ2n) is 4.92. The molecule has 0 bridgehead atoms. The number of benzene rings is 2. The van der Waals surface area contributed by atoms with Crippen molar-refractivity contribution in [1.82, 2.24) is 0 Å². The maximum Gasteiger partial charge on any atom is 0.142 e. The normalized spacial score (nSPS) is 13.8. The summed E-state index contributed by atoms with van der Waals surface area (Å²) in [6.07, 6.45) is 0.930. The van der Waals surface area contributed by atoms with E-state index < -0.39 is 0 Å². The zero-order chi connectivity index (χ0) is 14.7. The molecule has 0 amide bonds. The average Bonchev–Trinajstić information content (AvgIpc) is 2.76. The molecule has 2 aromatic rings. The van der Waals surface area contributed by atoms with Crippen LogP contribution in [0.5, 0.6) is 5.75 Å². The number of nitrogens with zero attached hydrogens (tertiary/aromatic N) is 2. The maximum absolute atomic E-state index is 9.46. The molecule has 0 aromatic heterocycles. The maximum atomic E-state index is 9.46. The Bertz CT molecular complexity index is 693. The molecule has 0 saturated heterocycles. The number of nitriles is 1. The van der Waals surface area contributed by atoms with E-state index >= 15 is 0 Å². The van der Waals surface area contributed by atoms with Gasteiger partial charge in [-0.3, -0.25) is 0 Å². The van der Waals surface area contributed by atoms with E-state index in [1.54, 1.807) is 0 Å². The lowest BCUT2D eigenvalue weighted by atomic mass is 10.1. The van der Waals surface area contributed by atoms with Crippen molar-refractivity contribution in [2.24, 2.45) is 0 Å². The minimum atomic E-state index is 0.698. The molecule has 1 aliphatic heterocycles. The molecule has 0 radical (unpaired) electrons. The number of hydrogen-bond acceptors (Lipinski definition) is 3. The summed E-state index contributed by atoms with van der Waals surface area (Å²) in [5, 5.41) is 10.2. The molecule has 106 valence electrons. The van der Waals surface area contributed by atoms with Crippen LogP contribution < -0.4 is 9.64 Å². The van der Waals surface area contributed by atoms with Crippen molar-refractivity contribution in [2.75, 3.05) is 18.1 Å². The van der Waals surface area contributed by atoms with Crippen molar-refractivity contribution in [2.45, 2.75) is 11.8 Å². The van der Waals surface area contributed by atoms with Crippen LogP contribution in [0.15, 0.2) is 42.5 Å². The summed E-state index contributed by atoms with van der Waals surface area (Å²) in [5.41, 5.74) is 3.77. The van der Waals surface area contributed by atoms with Crippen LogP contribution in [0.3, 0.4) is 0 Å². The molecule has 2 aromatic carbocycles. The van der Waals surface area contributed by atoms with Crippen molar-refractivity contribution in [1.29, 1.82) is 5.26 Å². The van der Waals surface area contributed by atoms with Gasteiger partial charge in [0.15, 0.2) is 0 Å². The molecule has 3 rings (SSSR count). The highest BCUT2D eigenvalue weighted by Crippen LogP contribution is 2.37. The first-order valence-corrected chi connectivity index (χ1v) is 8.04. The van der Waals surface area contributed by atoms with Gasteiger partial charge in [0.25, 0.3) is 0 Å². The standard InChI is InChI=1S/C17H15BrN2O/c18-11-13-6-7-15(14(10-13)12-19)20-8-3-9-21-17-5-2-1-4-16(17)20/h1-2,4-7,10H,3,8-9,11H2. The van der Waals surface area contributed by atoms with Crippen LogP contribution in [0.1, 0.15) is 17.5 Å². The second kappa shape index (κ2) is 6.19. The third kappa shape index (κ3) is 2.74. The number of halogens is 1. The summed E-state index contributed by atoms with van der Waals surface area (Å²) in [4.78, 5) is 2.18. The lowest BCUT2D eigenvalue weighted by molar-refractivity contribution is 0.322. The predicted molar refractivity (Wildman–Crippen MR) is 87.3 cm³/mol. The fraction of sp³-hybridized carbons (Fsp3) is 0.235. The summed E-state index contributed by atoms with van der Waals surface area (Å²) in [5.74, 6) is 0.878. The van der Waals surface area contributed by atoms with Gasteiger partial charge in [-0.05, 0) is 36.2 Å². The lowest BCUT2D eigenvalue weighted by Crippen LogP contribution is -2.18. The van der Waals surface area contributed by atoms with Gasteiger partial charge in [-0.15, -0.1) is 0 Å². The number of rotatable bonds is 2. The topological polar surface area (TPSA) is 36.3 Å². The summed E-state index contributed by atoms with van der Waals surface area (Å²) < 4.78 is 5.79. The summed E-state index contributed by atoms with van der Waals surface area (Å²) >= 11 is 3.44. The first-order chi connectivity index (χ1) is 10.3. The Morgan fingerprint density at radius 3 is 2.86 bits per heavy atom. The van der Waals surface area contributed by atoms with Gasteiger partial charge in [0.2, 0.25) is 0 Å². The van der Waals surface area contributed by atoms with E-state index in [-0.39, 0.29) is 0 Å². The summed E-state index contributed by atoms with van der Waals surface area (Å²) in [6, 6.07) is 16.3. The van der Waals surface area contributed by atoms with Crippen molar-refractivity contribution in [3.05, 3.63) is 53.6 Å². The van der Waals surface area contributed by atoms with Crippen LogP contribution in [0, 0.1) is 11.3 Å². The van der Waals surface area contributed by atoms with Crippen molar-refractivity contribution in [3.63, 3.8) is 0 Å². The zero-order valence-corrected chi connectivity index (χ0v) is 13.1. The number of ether oxygens (including phenoxy) is 1. The van der Waals surface area contributed by atoms with Crippen LogP contribution in [0.4, 0.5) is 11.4 Å². The molecule has 0 saturated carbocycles. The van der Waals surface area contributed by atoms with Crippen LogP contribution in [0.25, 0.3) is 0 Å². The average molecular weight is 343 g/mol. The fourth-order valence-electron chi connectivity index (χ4n) is 2.57. The Morgan fingerprint density at radius 1 is 1.19 bits per heavy atom. The molecular formula is C17H15BrN2O. The number of para-hydroxylation sites is 2. The Kier molecular flexibility index (Phi) is 4.12. The van der Waals surface area contributed by atoms with Crippen LogP contribution in [-0.4, -0.2) is 13.2 Å². The van der Waals surface area contributed by atoms with Gasteiger partial charge in [0.05, 0.1) is 23.5 Å². The molecule has 1 aliphatic rings. The van der Waals surface area contributed by atoms with Gasteiger partial charge in [-0.2, -0.15) is 5.26 Å². The van der Waals surface area contributed by atoms with Gasteiger partial charge in [-0.25, -0.2) is 0 Å². The molecule has 0 unspecified atom stereocenters. The van der Waals surface area contributed by atoms with Crippen molar-refractivity contribution in [3.8, 4) is 11.8 Å². The smallest absolute Gasteiger partial charge is 0.142 e. The number of anilines is 2. The largest absolute Gasteiger partial charge is 0.491 e. The van der Waals surface area contributed by atoms with Gasteiger partial charge in [-0.1, -0.05) is 34.1 Å². The Hall–Kier alpha value is -1.99. The van der Waals surface area contributed by atoms with Gasteiger partial charge in [0, 0.05) is 11.9 Å². The molecule has 3 nitrogen and oxygen atoms in total. The number of hydrogen-bond donors (Lipinski definition) is 0. The molecule has 4 heteroatoms. The first-order valence-electron chi connectivity index (χ1n) is 6.92. The van der Waals surface area contributed by atoms with Gasteiger partial charge >= 0.3 is 0 Å². The molecule has 1 heterocycles. The van der Waals surface area contributed by atoms with E-state index in [1.807, 2.05) is 36.4 Å². The summed E-state index contributed by atoms with van der Waals surface area (Å²) in [7, 11) is 0. The van der Waals surface area contributed by atoms with Crippen molar-refractivity contribution < 1.29 is 4.74 Å². The first kappa shape index (κ1) is 14.0. The quantitative estimate of drug-likeness (QED) is 0.760. The third-order valence-electron chi connectivity index (χ3n) is 3.57. The third-order valence-corrected chi connectivity index (χ3v) is 4.21. The van der Waals surface area contributed by atoms with E-state index in [9.17, 15) is 5.26 Å². The van der Waals surface area contributed by atoms with E-state index in [0.717, 1.165) is 41.0 Å². The van der Waals surface area contributed by atoms with E-state index in [2.05, 4.69) is 33.0 Å². The summed E-state index contributed by atoms with van der Waals surface area (Å²) in [6.45, 7) is 1.55. The monoisotopic (exact) mass is 342 g/mol. The Morgan fingerprint density at radius 2 is 2.05 bits per heavy atom. The molecule has 0 N–H and O–H groups in total. The second-order valence-corrected chi connectivity index (χ2v) is 5.48. The van der Waals surface area contributed by atoms with Crippen molar-refractivity contribution >= 4 is 27.3 Å². The van der Waals surface area contributed by atoms with E-state index in [4.69, 9.17) is 4.74 Å². The SMILES string of the molecule is N#Cc1cc(CBr)ccc1N1CCCOc2ccccc21. The van der Waals surface area contributed by atoms with Crippen LogP contribution >= 0.6 is 15.9 Å². The number of fused-ring (bicyclic) bond motifs is 1. The zero-order valence-electron chi connectivity index (χ0n) is 11.6. The highest BCUT2D eigenvalue weighted by Gasteiger charge is 2.19. The van der Waals surface area contributed by atoms with E-state index in [0.29, 0.717) is 12.2 Å². The van der Waals surface area contributed by atoms with Crippen LogP contribution in [0.2, 0.25) is 0 Å². The molecule has 0 atom stereocenters. The molecule has 0 fully saturated rings. The Labute approximate surface area is 132 Å². The Balaban J connectivity index is 2.10. The minimum absolute atomic E-state index is 0.698. The van der Waals surface area contributed by atoms with Gasteiger partial charge < -0.3 is 9.64 Å². The lowest BCUT2D eigenvalue weighted by Gasteiger charge is -2.25. The minimum Gasteiger partial charge on any atom is -0.491 e. The predicted octanol–water partition coefficient (Wildman–Crippen LogP) is 4.37. The molecular weight excluding hydrogens is 328 g/mol. The van der Waals surface area contributed by atoms with Crippen LogP contribution in [-0.2, 0) is 5.33 Å².